The summed E-state index contributed by atoms with van der Waals surface area (Å²) in [6, 6.07) is 10.2. The molecule has 24 heavy (non-hydrogen) atoms. The topological polar surface area (TPSA) is 65.5 Å². The lowest BCUT2D eigenvalue weighted by Gasteiger charge is -2.36. The van der Waals surface area contributed by atoms with E-state index in [1.165, 1.54) is 17.0 Å². The summed E-state index contributed by atoms with van der Waals surface area (Å²) < 4.78 is 0. The second-order valence-electron chi connectivity index (χ2n) is 5.59. The number of amides is 2. The fraction of sp³-hybridized carbons (Fsp3) is 0.353. The number of nitrogens with one attached hydrogen (secondary N) is 1. The first-order chi connectivity index (χ1) is 11.7. The van der Waals surface area contributed by atoms with Crippen molar-refractivity contribution in [3.05, 3.63) is 41.9 Å². The van der Waals surface area contributed by atoms with Crippen LogP contribution in [0, 0.1) is 0 Å². The minimum absolute atomic E-state index is 0.0389. The third-order valence-electron chi connectivity index (χ3n) is 4.00. The van der Waals surface area contributed by atoms with Gasteiger partial charge in [0.25, 0.3) is 0 Å². The first-order valence-corrected chi connectivity index (χ1v) is 8.87. The highest BCUT2D eigenvalue weighted by molar-refractivity contribution is 7.13. The summed E-state index contributed by atoms with van der Waals surface area (Å²) in [7, 11) is 0. The van der Waals surface area contributed by atoms with Gasteiger partial charge in [-0.05, 0) is 12.1 Å². The van der Waals surface area contributed by atoms with Crippen LogP contribution in [0.15, 0.2) is 41.9 Å². The van der Waals surface area contributed by atoms with Crippen LogP contribution in [0.4, 0.5) is 10.8 Å². The lowest BCUT2D eigenvalue weighted by atomic mass is 10.2. The molecule has 1 aliphatic heterocycles. The van der Waals surface area contributed by atoms with Gasteiger partial charge in [0.1, 0.15) is 0 Å². The maximum atomic E-state index is 12.3. The van der Waals surface area contributed by atoms with Crippen LogP contribution < -0.4 is 10.2 Å². The van der Waals surface area contributed by atoms with Crippen molar-refractivity contribution in [1.82, 2.24) is 9.88 Å². The van der Waals surface area contributed by atoms with Gasteiger partial charge in [0.2, 0.25) is 11.8 Å². The van der Waals surface area contributed by atoms with Crippen LogP contribution in [-0.2, 0) is 9.59 Å². The molecule has 2 heterocycles. The van der Waals surface area contributed by atoms with E-state index < -0.39 is 0 Å². The zero-order valence-electron chi connectivity index (χ0n) is 13.4. The van der Waals surface area contributed by atoms with Crippen LogP contribution in [0.3, 0.4) is 0 Å². The zero-order valence-corrected chi connectivity index (χ0v) is 14.2. The number of carbonyl (C=O) groups excluding carboxylic acids is 2. The van der Waals surface area contributed by atoms with Crippen molar-refractivity contribution in [3.8, 4) is 0 Å². The second kappa shape index (κ2) is 7.92. The van der Waals surface area contributed by atoms with Crippen LogP contribution >= 0.6 is 11.3 Å². The summed E-state index contributed by atoms with van der Waals surface area (Å²) in [5.41, 5.74) is 1.19. The maximum absolute atomic E-state index is 12.3. The number of anilines is 2. The predicted octanol–water partition coefficient (Wildman–Crippen LogP) is 2.21. The molecule has 7 heteroatoms. The van der Waals surface area contributed by atoms with Crippen LogP contribution in [0.5, 0.6) is 0 Å². The van der Waals surface area contributed by atoms with Crippen molar-refractivity contribution >= 4 is 34.0 Å². The van der Waals surface area contributed by atoms with E-state index in [1.54, 1.807) is 11.6 Å². The molecule has 3 rings (SSSR count). The second-order valence-corrected chi connectivity index (χ2v) is 6.48. The van der Waals surface area contributed by atoms with Gasteiger partial charge < -0.3 is 15.1 Å². The zero-order chi connectivity index (χ0) is 16.8. The van der Waals surface area contributed by atoms with Gasteiger partial charge in [-0.1, -0.05) is 18.2 Å². The minimum Gasteiger partial charge on any atom is -0.368 e. The number of carbonyl (C=O) groups is 2. The summed E-state index contributed by atoms with van der Waals surface area (Å²) in [6.07, 6.45) is 2.07. The highest BCUT2D eigenvalue weighted by atomic mass is 32.1. The third-order valence-corrected chi connectivity index (χ3v) is 4.69. The molecule has 126 valence electrons. The first kappa shape index (κ1) is 16.4. The largest absolute Gasteiger partial charge is 0.368 e. The van der Waals surface area contributed by atoms with Crippen molar-refractivity contribution in [3.63, 3.8) is 0 Å². The van der Waals surface area contributed by atoms with Gasteiger partial charge in [-0.25, -0.2) is 4.98 Å². The molecular formula is C17H20N4O2S. The number of hydrogen-bond donors (Lipinski definition) is 1. The maximum Gasteiger partial charge on any atom is 0.226 e. The standard InChI is InChI=1S/C17H20N4O2S/c22-15(19-17-18-8-13-24-17)6-7-16(23)21-11-9-20(10-12-21)14-4-2-1-3-5-14/h1-5,8,13H,6-7,9-12H2,(H,18,19,22). The minimum atomic E-state index is -0.166. The van der Waals surface area contributed by atoms with Crippen molar-refractivity contribution in [2.75, 3.05) is 36.4 Å². The monoisotopic (exact) mass is 344 g/mol. The molecule has 2 amide bonds. The van der Waals surface area contributed by atoms with E-state index in [4.69, 9.17) is 0 Å². The first-order valence-electron chi connectivity index (χ1n) is 7.99. The average molecular weight is 344 g/mol. The molecule has 1 aromatic carbocycles. The Morgan fingerprint density at radius 2 is 1.83 bits per heavy atom. The molecule has 1 fully saturated rings. The van der Waals surface area contributed by atoms with Gasteiger partial charge in [-0.15, -0.1) is 11.3 Å². The Hall–Kier alpha value is -2.41. The quantitative estimate of drug-likeness (QED) is 0.903. The van der Waals surface area contributed by atoms with E-state index in [1.807, 2.05) is 23.1 Å². The van der Waals surface area contributed by atoms with Gasteiger partial charge in [-0.3, -0.25) is 9.59 Å². The summed E-state index contributed by atoms with van der Waals surface area (Å²) in [5.74, 6) is -0.127. The van der Waals surface area contributed by atoms with Gasteiger partial charge in [-0.2, -0.15) is 0 Å². The average Bonchev–Trinajstić information content (AvgIpc) is 3.13. The Labute approximate surface area is 145 Å². The molecule has 1 aliphatic rings. The molecular weight excluding hydrogens is 324 g/mol. The third kappa shape index (κ3) is 4.32. The number of nitrogens with zero attached hydrogens (tertiary/aromatic N) is 3. The lowest BCUT2D eigenvalue weighted by molar-refractivity contribution is -0.133. The SMILES string of the molecule is O=C(CCC(=O)N1CCN(c2ccccc2)CC1)Nc1nccs1. The van der Waals surface area contributed by atoms with Gasteiger partial charge in [0.15, 0.2) is 5.13 Å². The van der Waals surface area contributed by atoms with Crippen LogP contribution in [0.25, 0.3) is 0 Å². The van der Waals surface area contributed by atoms with Crippen molar-refractivity contribution in [1.29, 1.82) is 0 Å². The Morgan fingerprint density at radius 3 is 2.50 bits per heavy atom. The molecule has 0 saturated carbocycles. The number of rotatable bonds is 5. The Kier molecular flexibility index (Phi) is 5.43. The molecule has 1 aromatic heterocycles. The number of para-hydroxylation sites is 1. The van der Waals surface area contributed by atoms with Crippen LogP contribution in [0.2, 0.25) is 0 Å². The molecule has 1 saturated heterocycles. The smallest absolute Gasteiger partial charge is 0.226 e. The lowest BCUT2D eigenvalue weighted by Crippen LogP contribution is -2.48. The molecule has 0 radical (unpaired) electrons. The fourth-order valence-electron chi connectivity index (χ4n) is 2.70. The van der Waals surface area contributed by atoms with E-state index in [-0.39, 0.29) is 24.7 Å². The van der Waals surface area contributed by atoms with E-state index >= 15 is 0 Å². The van der Waals surface area contributed by atoms with E-state index in [2.05, 4.69) is 27.3 Å². The molecule has 2 aromatic rings. The summed E-state index contributed by atoms with van der Waals surface area (Å²) in [4.78, 5) is 32.2. The number of aromatic nitrogens is 1. The summed E-state index contributed by atoms with van der Waals surface area (Å²) in [6.45, 7) is 3.03. The molecule has 0 bridgehead atoms. The molecule has 0 aliphatic carbocycles. The normalized spacial score (nSPS) is 14.5. The van der Waals surface area contributed by atoms with Crippen molar-refractivity contribution < 1.29 is 9.59 Å². The van der Waals surface area contributed by atoms with Gasteiger partial charge >= 0.3 is 0 Å². The Morgan fingerprint density at radius 1 is 1.08 bits per heavy atom. The number of hydrogen-bond acceptors (Lipinski definition) is 5. The van der Waals surface area contributed by atoms with Crippen LogP contribution in [-0.4, -0.2) is 47.9 Å². The summed E-state index contributed by atoms with van der Waals surface area (Å²) in [5, 5.41) is 5.07. The van der Waals surface area contributed by atoms with Crippen molar-refractivity contribution in [2.45, 2.75) is 12.8 Å². The highest BCUT2D eigenvalue weighted by Gasteiger charge is 2.21. The predicted molar refractivity (Wildman–Crippen MR) is 95.2 cm³/mol. The molecule has 6 nitrogen and oxygen atoms in total. The fourth-order valence-corrected chi connectivity index (χ4v) is 3.24. The van der Waals surface area contributed by atoms with Gasteiger partial charge in [0, 0.05) is 56.3 Å². The molecule has 0 unspecified atom stereocenters. The number of piperazine rings is 1. The van der Waals surface area contributed by atoms with E-state index in [0.717, 1.165) is 13.1 Å². The highest BCUT2D eigenvalue weighted by Crippen LogP contribution is 2.16. The van der Waals surface area contributed by atoms with Crippen molar-refractivity contribution in [2.24, 2.45) is 0 Å². The van der Waals surface area contributed by atoms with Gasteiger partial charge in [0.05, 0.1) is 0 Å². The number of thiazole rings is 1. The Balaban J connectivity index is 1.41. The van der Waals surface area contributed by atoms with E-state index in [9.17, 15) is 9.59 Å². The number of benzene rings is 1. The molecule has 0 atom stereocenters. The molecule has 0 spiro atoms. The molecule has 1 N–H and O–H groups in total. The Bertz CT molecular complexity index is 667. The van der Waals surface area contributed by atoms with Crippen LogP contribution in [0.1, 0.15) is 12.8 Å². The van der Waals surface area contributed by atoms with E-state index in [0.29, 0.717) is 18.2 Å². The summed E-state index contributed by atoms with van der Waals surface area (Å²) >= 11 is 1.37.